The van der Waals surface area contributed by atoms with Crippen LogP contribution in [0.2, 0.25) is 0 Å². The lowest BCUT2D eigenvalue weighted by Crippen LogP contribution is -2.52. The highest BCUT2D eigenvalue weighted by molar-refractivity contribution is 6.05. The molecule has 0 bridgehead atoms. The van der Waals surface area contributed by atoms with Crippen LogP contribution in [0.3, 0.4) is 0 Å². The fraction of sp³-hybridized carbons (Fsp3) is 0.444. The number of aromatic nitrogens is 2. The minimum absolute atomic E-state index is 0.107. The second kappa shape index (κ2) is 19.5. The molecule has 3 fully saturated rings. The molecule has 0 radical (unpaired) electrons. The first kappa shape index (κ1) is 40.3. The van der Waals surface area contributed by atoms with Crippen LogP contribution in [0, 0.1) is 17.8 Å². The van der Waals surface area contributed by atoms with Gasteiger partial charge in [-0.25, -0.2) is 0 Å². The zero-order valence-corrected chi connectivity index (χ0v) is 33.0. The Labute approximate surface area is 340 Å². The van der Waals surface area contributed by atoms with Crippen molar-refractivity contribution in [2.24, 2.45) is 5.92 Å². The van der Waals surface area contributed by atoms with Crippen LogP contribution in [-0.4, -0.2) is 113 Å². The molecule has 0 saturated carbocycles. The fourth-order valence-corrected chi connectivity index (χ4v) is 8.30. The molecule has 1 unspecified atom stereocenters. The topological polar surface area (TPSA) is 148 Å². The van der Waals surface area contributed by atoms with Crippen molar-refractivity contribution < 1.29 is 24.0 Å². The van der Waals surface area contributed by atoms with Crippen LogP contribution in [0.4, 0.5) is 5.69 Å². The van der Waals surface area contributed by atoms with E-state index in [1.165, 1.54) is 6.08 Å². The first-order valence-corrected chi connectivity index (χ1v) is 20.7. The van der Waals surface area contributed by atoms with E-state index in [-0.39, 0.29) is 30.0 Å². The predicted molar refractivity (Wildman–Crippen MR) is 220 cm³/mol. The Morgan fingerprint density at radius 3 is 2.47 bits per heavy atom. The molecule has 1 atom stereocenters. The van der Waals surface area contributed by atoms with Crippen molar-refractivity contribution in [2.45, 2.75) is 70.4 Å². The summed E-state index contributed by atoms with van der Waals surface area (Å²) in [6.07, 6.45) is 13.9. The number of amides is 5. The standard InChI is InChI=1S/C45H52N8O5/c54-41(17-11-34-19-23-47-48-31-34)46-22-4-3-7-33-20-25-52(26-21-33)44(57)36-12-14-37(15-13-36)51-29-27-50(28-30-51)24-5-1-2-8-35-9-6-10-38-39(35)32-53(45(38)58)40-16-18-42(55)49-43(40)56/h6,9-15,17,19,23,31,33,40H,1,3-5,7,16,18,20-22,24-30,32H2,(H,46,54)(H,49,55,56)/b17-11+. The fourth-order valence-electron chi connectivity index (χ4n) is 8.30. The minimum Gasteiger partial charge on any atom is -0.369 e. The van der Waals surface area contributed by atoms with Crippen molar-refractivity contribution in [3.63, 3.8) is 0 Å². The first-order valence-electron chi connectivity index (χ1n) is 20.7. The van der Waals surface area contributed by atoms with Crippen LogP contribution in [0.25, 0.3) is 6.08 Å². The molecule has 5 amide bonds. The zero-order valence-electron chi connectivity index (χ0n) is 33.0. The highest BCUT2D eigenvalue weighted by Crippen LogP contribution is 2.30. The van der Waals surface area contributed by atoms with Crippen LogP contribution in [-0.2, 0) is 20.9 Å². The van der Waals surface area contributed by atoms with Gasteiger partial charge in [-0.3, -0.25) is 34.2 Å². The number of anilines is 1. The summed E-state index contributed by atoms with van der Waals surface area (Å²) in [5, 5.41) is 12.8. The number of nitrogens with one attached hydrogen (secondary N) is 2. The van der Waals surface area contributed by atoms with Crippen molar-refractivity contribution >= 4 is 41.3 Å². The summed E-state index contributed by atoms with van der Waals surface area (Å²) in [4.78, 5) is 70.9. The second-order valence-corrected chi connectivity index (χ2v) is 15.5. The minimum atomic E-state index is -0.634. The van der Waals surface area contributed by atoms with E-state index in [1.54, 1.807) is 35.5 Å². The van der Waals surface area contributed by atoms with E-state index in [4.69, 9.17) is 0 Å². The Morgan fingerprint density at radius 2 is 1.71 bits per heavy atom. The summed E-state index contributed by atoms with van der Waals surface area (Å²) in [6, 6.07) is 14.8. The highest BCUT2D eigenvalue weighted by atomic mass is 16.2. The summed E-state index contributed by atoms with van der Waals surface area (Å²) in [7, 11) is 0. The number of hydrogen-bond donors (Lipinski definition) is 2. The molecular formula is C45H52N8O5. The number of carbonyl (C=O) groups excluding carboxylic acids is 5. The summed E-state index contributed by atoms with van der Waals surface area (Å²) < 4.78 is 0. The lowest BCUT2D eigenvalue weighted by molar-refractivity contribution is -0.137. The van der Waals surface area contributed by atoms with E-state index in [1.807, 2.05) is 29.2 Å². The summed E-state index contributed by atoms with van der Waals surface area (Å²) in [5.41, 5.74) is 4.98. The maximum atomic E-state index is 13.3. The van der Waals surface area contributed by atoms with E-state index in [0.29, 0.717) is 31.0 Å². The molecule has 3 aromatic rings. The van der Waals surface area contributed by atoms with Gasteiger partial charge in [-0.1, -0.05) is 30.7 Å². The van der Waals surface area contributed by atoms with Gasteiger partial charge in [-0.15, -0.1) is 0 Å². The van der Waals surface area contributed by atoms with E-state index in [9.17, 15) is 24.0 Å². The molecule has 0 aliphatic carbocycles. The first-order chi connectivity index (χ1) is 28.3. The Morgan fingerprint density at radius 1 is 0.897 bits per heavy atom. The van der Waals surface area contributed by atoms with Gasteiger partial charge in [-0.2, -0.15) is 10.2 Å². The van der Waals surface area contributed by atoms with E-state index < -0.39 is 11.9 Å². The molecule has 4 aliphatic rings. The van der Waals surface area contributed by atoms with Crippen molar-refractivity contribution in [1.82, 2.24) is 35.5 Å². The Balaban J connectivity index is 0.768. The second-order valence-electron chi connectivity index (χ2n) is 15.5. The number of piperidine rings is 2. The number of nitrogens with zero attached hydrogens (tertiary/aromatic N) is 6. The number of hydrogen-bond acceptors (Lipinski definition) is 9. The maximum absolute atomic E-state index is 13.3. The SMILES string of the molecule is O=C(/C=C/c1ccnnc1)NCCCCC1CCN(C(=O)c2ccc(N3CCN(CCCC#Cc4cccc5c4CN(C4CCC(=O)NC4=O)C5=O)CC3)cc2)CC1. The Bertz CT molecular complexity index is 2040. The van der Waals surface area contributed by atoms with Gasteiger partial charge < -0.3 is 20.0 Å². The van der Waals surface area contributed by atoms with Crippen molar-refractivity contribution in [3.8, 4) is 11.8 Å². The molecule has 4 aliphatic heterocycles. The molecule has 0 spiro atoms. The smallest absolute Gasteiger partial charge is 0.255 e. The highest BCUT2D eigenvalue weighted by Gasteiger charge is 2.39. The van der Waals surface area contributed by atoms with Crippen LogP contribution in [0.5, 0.6) is 0 Å². The average Bonchev–Trinajstić information content (AvgIpc) is 3.59. The van der Waals surface area contributed by atoms with Gasteiger partial charge in [0.2, 0.25) is 17.7 Å². The molecule has 5 heterocycles. The van der Waals surface area contributed by atoms with E-state index >= 15 is 0 Å². The zero-order chi connectivity index (χ0) is 40.3. The van der Waals surface area contributed by atoms with Crippen LogP contribution >= 0.6 is 0 Å². The van der Waals surface area contributed by atoms with Gasteiger partial charge >= 0.3 is 0 Å². The van der Waals surface area contributed by atoms with E-state index in [0.717, 1.165) is 119 Å². The number of fused-ring (bicyclic) bond motifs is 1. The number of carbonyl (C=O) groups is 5. The van der Waals surface area contributed by atoms with Gasteiger partial charge in [0, 0.05) is 93.7 Å². The number of benzene rings is 2. The molecule has 13 heteroatoms. The molecule has 302 valence electrons. The van der Waals surface area contributed by atoms with Gasteiger partial charge in [0.1, 0.15) is 6.04 Å². The molecule has 2 aromatic carbocycles. The average molecular weight is 785 g/mol. The number of unbranched alkanes of at least 4 members (excludes halogenated alkanes) is 2. The molecule has 3 saturated heterocycles. The molecular weight excluding hydrogens is 733 g/mol. The number of piperazine rings is 1. The molecule has 2 N–H and O–H groups in total. The molecule has 13 nitrogen and oxygen atoms in total. The summed E-state index contributed by atoms with van der Waals surface area (Å²) in [5.74, 6) is 6.31. The van der Waals surface area contributed by atoms with E-state index in [2.05, 4.69) is 54.6 Å². The van der Waals surface area contributed by atoms with Crippen molar-refractivity contribution in [3.05, 3.63) is 94.8 Å². The third-order valence-electron chi connectivity index (χ3n) is 11.7. The molecule has 58 heavy (non-hydrogen) atoms. The van der Waals surface area contributed by atoms with Crippen LogP contribution in [0.1, 0.15) is 95.2 Å². The van der Waals surface area contributed by atoms with Gasteiger partial charge in [0.25, 0.3) is 11.8 Å². The third-order valence-corrected chi connectivity index (χ3v) is 11.7. The van der Waals surface area contributed by atoms with Crippen molar-refractivity contribution in [2.75, 3.05) is 57.3 Å². The van der Waals surface area contributed by atoms with Crippen LogP contribution in [0.15, 0.2) is 67.0 Å². The quantitative estimate of drug-likeness (QED) is 0.113. The predicted octanol–water partition coefficient (Wildman–Crippen LogP) is 4.04. The maximum Gasteiger partial charge on any atom is 0.255 e. The summed E-state index contributed by atoms with van der Waals surface area (Å²) in [6.45, 7) is 7.28. The van der Waals surface area contributed by atoms with Crippen LogP contribution < -0.4 is 15.5 Å². The molecule has 7 rings (SSSR count). The largest absolute Gasteiger partial charge is 0.369 e. The Hall–Kier alpha value is -5.87. The number of rotatable bonds is 13. The van der Waals surface area contributed by atoms with Gasteiger partial charge in [-0.05, 0) is 104 Å². The normalized spacial score (nSPS) is 18.9. The molecule has 1 aromatic heterocycles. The number of imide groups is 1. The lowest BCUT2D eigenvalue weighted by Gasteiger charge is -2.36. The van der Waals surface area contributed by atoms with Gasteiger partial charge in [0.05, 0.1) is 12.4 Å². The third kappa shape index (κ3) is 10.3. The van der Waals surface area contributed by atoms with Gasteiger partial charge in [0.15, 0.2) is 0 Å². The number of likely N-dealkylation sites (tertiary alicyclic amines) is 1. The van der Waals surface area contributed by atoms with Crippen molar-refractivity contribution in [1.29, 1.82) is 0 Å². The summed E-state index contributed by atoms with van der Waals surface area (Å²) >= 11 is 0. The Kier molecular flexibility index (Phi) is 13.6. The lowest BCUT2D eigenvalue weighted by atomic mass is 9.91. The monoisotopic (exact) mass is 784 g/mol.